The summed E-state index contributed by atoms with van der Waals surface area (Å²) in [4.78, 5) is 15.5. The molecule has 2 N–H and O–H groups in total. The van der Waals surface area contributed by atoms with Gasteiger partial charge in [0.25, 0.3) is 0 Å². The number of H-pyrrole nitrogens is 1. The largest absolute Gasteiger partial charge is 0.451 e. The smallest absolute Gasteiger partial charge is 0.307 e. The summed E-state index contributed by atoms with van der Waals surface area (Å²) in [7, 11) is 0. The normalized spacial score (nSPS) is 11.6. The number of aromatic nitrogens is 1. The Morgan fingerprint density at radius 2 is 2.08 bits per heavy atom. The van der Waals surface area contributed by atoms with Crippen LogP contribution in [0.15, 0.2) is 62.5 Å². The van der Waals surface area contributed by atoms with Crippen LogP contribution in [-0.4, -0.2) is 17.1 Å². The maximum Gasteiger partial charge on any atom is 0.307 e. The van der Waals surface area contributed by atoms with E-state index in [1.807, 2.05) is 49.4 Å². The predicted molar refractivity (Wildman–Crippen MR) is 102 cm³/mol. The Morgan fingerprint density at radius 3 is 2.96 bits per heavy atom. The van der Waals surface area contributed by atoms with Crippen molar-refractivity contribution in [2.75, 3.05) is 0 Å². The van der Waals surface area contributed by atoms with E-state index in [0.717, 1.165) is 32.0 Å². The van der Waals surface area contributed by atoms with Gasteiger partial charge >= 0.3 is 5.91 Å². The van der Waals surface area contributed by atoms with Crippen molar-refractivity contribution in [2.24, 2.45) is 5.10 Å². The molecule has 0 unspecified atom stereocenters. The summed E-state index contributed by atoms with van der Waals surface area (Å²) in [5, 5.41) is 5.99. The summed E-state index contributed by atoms with van der Waals surface area (Å²) >= 11 is 3.40. The first-order chi connectivity index (χ1) is 12.1. The number of carbonyl (C=O) groups excluding carboxylic acids is 1. The van der Waals surface area contributed by atoms with Gasteiger partial charge in [-0.05, 0) is 37.3 Å². The summed E-state index contributed by atoms with van der Waals surface area (Å²) in [6, 6.07) is 15.2. The zero-order chi connectivity index (χ0) is 17.4. The van der Waals surface area contributed by atoms with Crippen molar-refractivity contribution in [2.45, 2.75) is 6.92 Å². The van der Waals surface area contributed by atoms with Crippen LogP contribution in [0.1, 0.15) is 21.8 Å². The van der Waals surface area contributed by atoms with Crippen molar-refractivity contribution in [3.05, 3.63) is 70.0 Å². The van der Waals surface area contributed by atoms with E-state index >= 15 is 0 Å². The first-order valence-electron chi connectivity index (χ1n) is 7.71. The molecule has 0 fully saturated rings. The number of amides is 1. The van der Waals surface area contributed by atoms with Gasteiger partial charge in [-0.1, -0.05) is 34.1 Å². The van der Waals surface area contributed by atoms with Gasteiger partial charge in [-0.3, -0.25) is 4.79 Å². The first-order valence-corrected chi connectivity index (χ1v) is 8.51. The van der Waals surface area contributed by atoms with E-state index in [9.17, 15) is 4.79 Å². The number of fused-ring (bicyclic) bond motifs is 2. The van der Waals surface area contributed by atoms with Crippen LogP contribution in [-0.2, 0) is 0 Å². The summed E-state index contributed by atoms with van der Waals surface area (Å²) in [6.07, 6.45) is 1.64. The summed E-state index contributed by atoms with van der Waals surface area (Å²) in [5.41, 5.74) is 6.15. The number of carbonyl (C=O) groups is 1. The topological polar surface area (TPSA) is 70.4 Å². The number of hydrazone groups is 1. The second-order valence-corrected chi connectivity index (χ2v) is 6.62. The number of rotatable bonds is 3. The molecule has 2 heterocycles. The molecule has 0 aliphatic carbocycles. The van der Waals surface area contributed by atoms with Crippen molar-refractivity contribution in [1.82, 2.24) is 10.4 Å². The first kappa shape index (κ1) is 15.7. The molecular formula is C19H14BrN3O2. The van der Waals surface area contributed by atoms with Gasteiger partial charge in [0.2, 0.25) is 0 Å². The molecule has 4 aromatic rings. The number of nitrogens with zero attached hydrogens (tertiary/aromatic N) is 1. The molecule has 0 spiro atoms. The Hall–Kier alpha value is -2.86. The average molecular weight is 396 g/mol. The van der Waals surface area contributed by atoms with Gasteiger partial charge in [-0.25, -0.2) is 5.43 Å². The van der Waals surface area contributed by atoms with Crippen molar-refractivity contribution in [3.63, 3.8) is 0 Å². The number of hydrogen-bond donors (Lipinski definition) is 2. The molecule has 25 heavy (non-hydrogen) atoms. The van der Waals surface area contributed by atoms with E-state index < -0.39 is 0 Å². The second-order valence-electron chi connectivity index (χ2n) is 5.70. The SMILES string of the molecule is Cc1[nH]c2ccccc2c1/C=N/NC(=O)c1cc2cc(Br)ccc2o1. The fourth-order valence-electron chi connectivity index (χ4n) is 2.80. The molecule has 0 atom stereocenters. The van der Waals surface area contributed by atoms with E-state index in [1.165, 1.54) is 0 Å². The van der Waals surface area contributed by atoms with Gasteiger partial charge in [0.05, 0.1) is 6.21 Å². The Balaban J connectivity index is 1.56. The van der Waals surface area contributed by atoms with E-state index in [0.29, 0.717) is 5.58 Å². The molecule has 0 saturated carbocycles. The summed E-state index contributed by atoms with van der Waals surface area (Å²) in [6.45, 7) is 1.97. The Kier molecular flexibility index (Phi) is 3.89. The lowest BCUT2D eigenvalue weighted by Crippen LogP contribution is -2.16. The number of benzene rings is 2. The Bertz CT molecular complexity index is 1120. The molecular weight excluding hydrogens is 382 g/mol. The Labute approximate surface area is 151 Å². The van der Waals surface area contributed by atoms with E-state index in [1.54, 1.807) is 12.3 Å². The van der Waals surface area contributed by atoms with E-state index in [4.69, 9.17) is 4.42 Å². The highest BCUT2D eigenvalue weighted by molar-refractivity contribution is 9.10. The minimum atomic E-state index is -0.388. The van der Waals surface area contributed by atoms with Crippen LogP contribution in [0.2, 0.25) is 0 Å². The van der Waals surface area contributed by atoms with E-state index in [2.05, 4.69) is 31.4 Å². The van der Waals surface area contributed by atoms with Gasteiger partial charge in [0.15, 0.2) is 5.76 Å². The van der Waals surface area contributed by atoms with Gasteiger partial charge in [-0.2, -0.15) is 5.10 Å². The minimum Gasteiger partial charge on any atom is -0.451 e. The van der Waals surface area contributed by atoms with Gasteiger partial charge in [0.1, 0.15) is 5.58 Å². The molecule has 1 amide bonds. The van der Waals surface area contributed by atoms with Gasteiger partial charge < -0.3 is 9.40 Å². The molecule has 0 radical (unpaired) electrons. The van der Waals surface area contributed by atoms with Crippen LogP contribution in [0.25, 0.3) is 21.9 Å². The van der Waals surface area contributed by atoms with Crippen molar-refractivity contribution in [1.29, 1.82) is 0 Å². The highest BCUT2D eigenvalue weighted by Gasteiger charge is 2.12. The lowest BCUT2D eigenvalue weighted by molar-refractivity contribution is 0.0929. The highest BCUT2D eigenvalue weighted by atomic mass is 79.9. The number of nitrogens with one attached hydrogen (secondary N) is 2. The molecule has 0 bridgehead atoms. The van der Waals surface area contributed by atoms with Crippen molar-refractivity contribution < 1.29 is 9.21 Å². The summed E-state index contributed by atoms with van der Waals surface area (Å²) < 4.78 is 6.48. The standard InChI is InChI=1S/C19H14BrN3O2/c1-11-15(14-4-2-3-5-16(14)22-11)10-21-23-19(24)18-9-12-8-13(20)6-7-17(12)25-18/h2-10,22H,1H3,(H,23,24)/b21-10+. The molecule has 124 valence electrons. The third-order valence-electron chi connectivity index (χ3n) is 4.01. The fraction of sp³-hybridized carbons (Fsp3) is 0.0526. The fourth-order valence-corrected chi connectivity index (χ4v) is 3.18. The number of halogens is 1. The minimum absolute atomic E-state index is 0.223. The number of aryl methyl sites for hydroxylation is 1. The van der Waals surface area contributed by atoms with Crippen LogP contribution < -0.4 is 5.43 Å². The van der Waals surface area contributed by atoms with Gasteiger partial charge in [0, 0.05) is 32.0 Å². The van der Waals surface area contributed by atoms with Crippen LogP contribution in [0.3, 0.4) is 0 Å². The monoisotopic (exact) mass is 395 g/mol. The molecule has 2 aromatic heterocycles. The maximum atomic E-state index is 12.2. The van der Waals surface area contributed by atoms with Crippen LogP contribution in [0.4, 0.5) is 0 Å². The lowest BCUT2D eigenvalue weighted by Gasteiger charge is -1.96. The number of furan rings is 1. The van der Waals surface area contributed by atoms with E-state index in [-0.39, 0.29) is 11.7 Å². The van der Waals surface area contributed by atoms with Crippen molar-refractivity contribution in [3.8, 4) is 0 Å². The third-order valence-corrected chi connectivity index (χ3v) is 4.50. The molecule has 0 aliphatic rings. The summed E-state index contributed by atoms with van der Waals surface area (Å²) in [5.74, 6) is -0.165. The molecule has 5 nitrogen and oxygen atoms in total. The Morgan fingerprint density at radius 1 is 1.24 bits per heavy atom. The van der Waals surface area contributed by atoms with Crippen LogP contribution in [0, 0.1) is 6.92 Å². The quantitative estimate of drug-likeness (QED) is 0.388. The highest BCUT2D eigenvalue weighted by Crippen LogP contribution is 2.23. The molecule has 2 aromatic carbocycles. The lowest BCUT2D eigenvalue weighted by atomic mass is 10.1. The maximum absolute atomic E-state index is 12.2. The van der Waals surface area contributed by atoms with Crippen LogP contribution >= 0.6 is 15.9 Å². The molecule has 4 rings (SSSR count). The average Bonchev–Trinajstić information content (AvgIpc) is 3.15. The van der Waals surface area contributed by atoms with Crippen molar-refractivity contribution >= 4 is 49.9 Å². The zero-order valence-electron chi connectivity index (χ0n) is 13.3. The zero-order valence-corrected chi connectivity index (χ0v) is 14.9. The second kappa shape index (κ2) is 6.22. The molecule has 0 saturated heterocycles. The number of aromatic amines is 1. The molecule has 6 heteroatoms. The third kappa shape index (κ3) is 2.96. The van der Waals surface area contributed by atoms with Gasteiger partial charge in [-0.15, -0.1) is 0 Å². The van der Waals surface area contributed by atoms with Crippen LogP contribution in [0.5, 0.6) is 0 Å². The number of hydrogen-bond acceptors (Lipinski definition) is 3. The predicted octanol–water partition coefficient (Wildman–Crippen LogP) is 4.75. The number of para-hydroxylation sites is 1. The molecule has 0 aliphatic heterocycles.